The molecule has 0 saturated carbocycles. The second-order valence-electron chi connectivity index (χ2n) is 13.2. The van der Waals surface area contributed by atoms with Gasteiger partial charge in [0.1, 0.15) is 0 Å². The topological polar surface area (TPSA) is 146 Å². The summed E-state index contributed by atoms with van der Waals surface area (Å²) in [5.74, 6) is -119. The van der Waals surface area contributed by atoms with Crippen molar-refractivity contribution < 1.29 is 171 Å². The molecular formula is C25H16F34N6O5S2. The molecule has 0 aliphatic rings. The molecule has 1 aromatic heterocycles. The van der Waals surface area contributed by atoms with E-state index in [1.165, 1.54) is 5.32 Å². The number of halogens is 34. The lowest BCUT2D eigenvalue weighted by molar-refractivity contribution is -0.458. The number of alkyl halides is 34. The van der Waals surface area contributed by atoms with Crippen LogP contribution in [0.1, 0.15) is 13.8 Å². The molecule has 72 heavy (non-hydrogen) atoms. The third kappa shape index (κ3) is 8.57. The minimum atomic E-state index is -9.46. The number of aliphatic hydroxyl groups is 1. The summed E-state index contributed by atoms with van der Waals surface area (Å²) in [6.45, 7) is -8.14. The molecule has 426 valence electrons. The summed E-state index contributed by atoms with van der Waals surface area (Å²) >= 11 is 0. The van der Waals surface area contributed by atoms with Crippen molar-refractivity contribution in [3.8, 4) is 0 Å². The summed E-state index contributed by atoms with van der Waals surface area (Å²) < 4.78 is 519. The lowest BCUT2D eigenvalue weighted by atomic mass is 9.91. The van der Waals surface area contributed by atoms with Crippen molar-refractivity contribution in [3.05, 3.63) is 0 Å². The van der Waals surface area contributed by atoms with Gasteiger partial charge < -0.3 is 10.4 Å². The second-order valence-corrected chi connectivity index (χ2v) is 17.0. The van der Waals surface area contributed by atoms with Gasteiger partial charge in [0.2, 0.25) is 17.8 Å². The third-order valence-corrected chi connectivity index (χ3v) is 12.5. The molecule has 0 spiro atoms. The molecule has 0 atom stereocenters. The molecule has 0 aliphatic heterocycles. The molecule has 0 aromatic carbocycles. The van der Waals surface area contributed by atoms with Crippen LogP contribution < -0.4 is 13.9 Å². The number of aliphatic hydroxyl groups excluding tert-OH is 1. The number of rotatable bonds is 23. The first-order chi connectivity index (χ1) is 31.0. The molecule has 0 amide bonds. The van der Waals surface area contributed by atoms with E-state index >= 15 is 17.6 Å². The highest BCUT2D eigenvalue weighted by Gasteiger charge is 2.98. The Morgan fingerprint density at radius 2 is 0.583 bits per heavy atom. The number of anilines is 3. The van der Waals surface area contributed by atoms with E-state index in [1.807, 2.05) is 0 Å². The molecular weight excluding hydrogens is 1170 g/mol. The Balaban J connectivity index is 4.34. The maximum atomic E-state index is 15.1. The van der Waals surface area contributed by atoms with Crippen molar-refractivity contribution in [1.82, 2.24) is 15.0 Å². The first kappa shape index (κ1) is 65.9. The van der Waals surface area contributed by atoms with Crippen LogP contribution in [0.3, 0.4) is 0 Å². The molecule has 47 heteroatoms. The van der Waals surface area contributed by atoms with E-state index in [1.54, 1.807) is 0 Å². The van der Waals surface area contributed by atoms with E-state index in [4.69, 9.17) is 5.11 Å². The monoisotopic (exact) mass is 1190 g/mol. The van der Waals surface area contributed by atoms with Crippen LogP contribution in [-0.4, -0.2) is 157 Å². The zero-order valence-electron chi connectivity index (χ0n) is 32.8. The minimum Gasteiger partial charge on any atom is -0.395 e. The second kappa shape index (κ2) is 18.0. The predicted octanol–water partition coefficient (Wildman–Crippen LogP) is 9.52. The maximum absolute atomic E-state index is 15.1. The number of nitrogens with zero attached hydrogens (tertiary/aromatic N) is 5. The van der Waals surface area contributed by atoms with Gasteiger partial charge in [-0.3, -0.25) is 0 Å². The van der Waals surface area contributed by atoms with Gasteiger partial charge in [0.15, 0.2) is 0 Å². The third-order valence-electron chi connectivity index (χ3n) is 8.64. The van der Waals surface area contributed by atoms with E-state index in [2.05, 4.69) is 15.0 Å². The molecule has 0 saturated heterocycles. The van der Waals surface area contributed by atoms with E-state index < -0.39 is 167 Å². The van der Waals surface area contributed by atoms with Crippen molar-refractivity contribution in [2.75, 3.05) is 40.2 Å². The SMILES string of the molecule is CCN(c1nc(NCCO)nc(N(CC)S(=O)(=O)C(F)(F)C(F)(F)C(F)(F)C(F)(F)C(F)(F)C(F)(F)C(F)(F)C(F)(F)F)n1)S(=O)(=O)C(F)(F)C(F)(F)C(F)(F)C(F)(F)C(F)(F)C(F)(F)C(F)(F)C(F)(F)F. The molecule has 0 radical (unpaired) electrons. The Labute approximate surface area is 372 Å². The van der Waals surface area contributed by atoms with Crippen LogP contribution in [0.2, 0.25) is 0 Å². The van der Waals surface area contributed by atoms with Crippen molar-refractivity contribution in [3.63, 3.8) is 0 Å². The summed E-state index contributed by atoms with van der Waals surface area (Å²) in [4.78, 5) is 7.22. The quantitative estimate of drug-likeness (QED) is 0.102. The molecule has 2 N–H and O–H groups in total. The number of aromatic nitrogens is 3. The average Bonchev–Trinajstić information content (AvgIpc) is 3.18. The minimum absolute atomic E-state index is 0.175. The van der Waals surface area contributed by atoms with E-state index in [0.717, 1.165) is 0 Å². The fourth-order valence-corrected chi connectivity index (χ4v) is 7.29. The summed E-state index contributed by atoms with van der Waals surface area (Å²) in [7, 11) is -17.4. The Kier molecular flexibility index (Phi) is 16.5. The van der Waals surface area contributed by atoms with Crippen LogP contribution in [0.25, 0.3) is 0 Å². The molecule has 1 heterocycles. The molecule has 1 aromatic rings. The lowest BCUT2D eigenvalue weighted by Gasteiger charge is -2.43. The molecule has 0 unspecified atom stereocenters. The first-order valence-corrected chi connectivity index (χ1v) is 19.5. The van der Waals surface area contributed by atoms with Gasteiger partial charge in [0.05, 0.1) is 6.61 Å². The van der Waals surface area contributed by atoms with Crippen LogP contribution in [0.15, 0.2) is 0 Å². The van der Waals surface area contributed by atoms with Crippen molar-refractivity contribution in [1.29, 1.82) is 0 Å². The zero-order valence-corrected chi connectivity index (χ0v) is 34.4. The Morgan fingerprint density at radius 3 is 0.778 bits per heavy atom. The summed E-state index contributed by atoms with van der Waals surface area (Å²) in [6, 6.07) is 0. The average molecular weight is 1190 g/mol. The summed E-state index contributed by atoms with van der Waals surface area (Å²) in [5.41, 5.74) is 0. The number of sulfonamides is 2. The highest BCUT2D eigenvalue weighted by molar-refractivity contribution is 7.94. The first-order valence-electron chi connectivity index (χ1n) is 16.6. The Bertz CT molecular complexity index is 2200. The van der Waals surface area contributed by atoms with Crippen LogP contribution in [-0.2, 0) is 20.0 Å². The van der Waals surface area contributed by atoms with E-state index in [-0.39, 0.29) is 13.8 Å². The van der Waals surface area contributed by atoms with Crippen LogP contribution in [0.4, 0.5) is 167 Å². The van der Waals surface area contributed by atoms with Crippen LogP contribution >= 0.6 is 0 Å². The van der Waals surface area contributed by atoms with E-state index in [0.29, 0.717) is 0 Å². The van der Waals surface area contributed by atoms with Crippen molar-refractivity contribution >= 4 is 37.9 Å². The van der Waals surface area contributed by atoms with Crippen molar-refractivity contribution in [2.45, 2.75) is 108 Å². The fraction of sp³-hybridized carbons (Fsp3) is 0.880. The van der Waals surface area contributed by atoms with Crippen LogP contribution in [0, 0.1) is 0 Å². The van der Waals surface area contributed by atoms with Crippen molar-refractivity contribution in [2.24, 2.45) is 0 Å². The normalized spacial score (nSPS) is 16.0. The maximum Gasteiger partial charge on any atom is 0.460 e. The fourth-order valence-electron chi connectivity index (χ4n) is 4.56. The standard InChI is InChI=1S/C25H16F34N6O5S2/c1-3-64(71(67,68)24(56,57)20(46,47)16(38,39)12(30,31)10(26,27)14(34,35)18(42,43)22(50,51)52)8-61-7(60-5-6-66)62-9(63-8)65(4-2)72(69,70)25(58,59)21(48,49)17(40,41)13(32,33)11(28,29)15(36,37)19(44,45)23(53,54)55/h66H,3-6H2,1-2H3,(H,60,61,62,63). The van der Waals surface area contributed by atoms with E-state index in [9.17, 15) is 149 Å². The number of hydrogen-bond acceptors (Lipinski definition) is 9. The van der Waals surface area contributed by atoms with Gasteiger partial charge in [-0.15, -0.1) is 0 Å². The molecule has 0 fully saturated rings. The molecule has 0 aliphatic carbocycles. The number of hydrogen-bond donors (Lipinski definition) is 2. The van der Waals surface area contributed by atoms with Gasteiger partial charge in [-0.25, -0.2) is 8.61 Å². The van der Waals surface area contributed by atoms with Gasteiger partial charge in [-0.05, 0) is 13.8 Å². The predicted molar refractivity (Wildman–Crippen MR) is 161 cm³/mol. The smallest absolute Gasteiger partial charge is 0.395 e. The van der Waals surface area contributed by atoms with Gasteiger partial charge in [0, 0.05) is 19.6 Å². The van der Waals surface area contributed by atoms with Gasteiger partial charge in [-0.1, -0.05) is 0 Å². The molecule has 1 rings (SSSR count). The molecule has 11 nitrogen and oxygen atoms in total. The Hall–Kier alpha value is -4.11. The summed E-state index contributed by atoms with van der Waals surface area (Å²) in [6.07, 6.45) is -16.5. The highest BCUT2D eigenvalue weighted by Crippen LogP contribution is 2.67. The summed E-state index contributed by atoms with van der Waals surface area (Å²) in [5, 5.41) is -6.93. The van der Waals surface area contributed by atoms with Gasteiger partial charge in [0.25, 0.3) is 0 Å². The molecule has 0 bridgehead atoms. The van der Waals surface area contributed by atoms with Gasteiger partial charge >= 0.3 is 114 Å². The highest BCUT2D eigenvalue weighted by atomic mass is 32.2. The van der Waals surface area contributed by atoms with Gasteiger partial charge in [-0.2, -0.15) is 181 Å². The largest absolute Gasteiger partial charge is 0.460 e. The number of nitrogens with one attached hydrogen (secondary N) is 1. The zero-order chi connectivity index (χ0) is 58.5. The van der Waals surface area contributed by atoms with Crippen LogP contribution in [0.5, 0.6) is 0 Å². The lowest BCUT2D eigenvalue weighted by Crippen LogP contribution is -2.75. The Morgan fingerprint density at radius 1 is 0.375 bits per heavy atom.